The molecule has 0 aliphatic heterocycles. The molecule has 0 fully saturated rings. The SMILES string of the molecule is Cc1ccc(S(=O)(=O)OCCc2ccn[nH]2)cc1. The highest BCUT2D eigenvalue weighted by atomic mass is 32.2. The van der Waals surface area contributed by atoms with Gasteiger partial charge in [0.2, 0.25) is 0 Å². The number of hydrogen-bond donors (Lipinski definition) is 1. The number of nitrogens with one attached hydrogen (secondary N) is 1. The van der Waals surface area contributed by atoms with Crippen LogP contribution >= 0.6 is 0 Å². The Morgan fingerprint density at radius 1 is 1.22 bits per heavy atom. The third-order valence-corrected chi connectivity index (χ3v) is 3.80. The van der Waals surface area contributed by atoms with Gasteiger partial charge in [-0.25, -0.2) is 0 Å². The Hall–Kier alpha value is -1.66. The smallest absolute Gasteiger partial charge is 0.282 e. The van der Waals surface area contributed by atoms with Crippen LogP contribution in [-0.2, 0) is 20.7 Å². The van der Waals surface area contributed by atoms with Gasteiger partial charge in [0, 0.05) is 18.3 Å². The minimum absolute atomic E-state index is 0.0956. The van der Waals surface area contributed by atoms with Crippen LogP contribution in [0, 0.1) is 6.92 Å². The molecule has 0 bridgehead atoms. The van der Waals surface area contributed by atoms with Gasteiger partial charge in [0.05, 0.1) is 11.5 Å². The number of aryl methyl sites for hydroxylation is 1. The molecule has 1 N–H and O–H groups in total. The maximum absolute atomic E-state index is 11.8. The van der Waals surface area contributed by atoms with Crippen molar-refractivity contribution in [3.8, 4) is 0 Å². The maximum atomic E-state index is 11.8. The summed E-state index contributed by atoms with van der Waals surface area (Å²) in [6.07, 6.45) is 2.09. The van der Waals surface area contributed by atoms with Crippen LogP contribution in [0.25, 0.3) is 0 Å². The van der Waals surface area contributed by atoms with Crippen molar-refractivity contribution in [3.05, 3.63) is 47.8 Å². The lowest BCUT2D eigenvalue weighted by Gasteiger charge is -2.05. The molecule has 5 nitrogen and oxygen atoms in total. The van der Waals surface area contributed by atoms with Gasteiger partial charge in [-0.1, -0.05) is 17.7 Å². The average Bonchev–Trinajstić information content (AvgIpc) is 2.82. The van der Waals surface area contributed by atoms with Crippen molar-refractivity contribution >= 4 is 10.1 Å². The van der Waals surface area contributed by atoms with E-state index in [4.69, 9.17) is 4.18 Å². The Morgan fingerprint density at radius 2 is 1.94 bits per heavy atom. The number of aromatic nitrogens is 2. The van der Waals surface area contributed by atoms with Crippen LogP contribution in [0.5, 0.6) is 0 Å². The molecule has 0 spiro atoms. The van der Waals surface area contributed by atoms with Crippen LogP contribution in [0.15, 0.2) is 41.4 Å². The molecule has 6 heteroatoms. The van der Waals surface area contributed by atoms with Gasteiger partial charge in [-0.3, -0.25) is 9.28 Å². The van der Waals surface area contributed by atoms with Gasteiger partial charge in [0.25, 0.3) is 10.1 Å². The zero-order chi connectivity index (χ0) is 13.0. The van der Waals surface area contributed by atoms with Crippen molar-refractivity contribution in [2.45, 2.75) is 18.2 Å². The molecule has 1 heterocycles. The molecule has 0 radical (unpaired) electrons. The Bertz CT molecular complexity index is 589. The predicted octanol–water partition coefficient (Wildman–Crippen LogP) is 1.67. The summed E-state index contributed by atoms with van der Waals surface area (Å²) < 4.78 is 28.6. The second kappa shape index (κ2) is 5.32. The Labute approximate surface area is 106 Å². The first kappa shape index (κ1) is 12.8. The molecule has 1 aromatic carbocycles. The first-order valence-electron chi connectivity index (χ1n) is 5.52. The molecule has 0 saturated carbocycles. The molecule has 18 heavy (non-hydrogen) atoms. The third kappa shape index (κ3) is 3.18. The molecule has 0 amide bonds. The minimum atomic E-state index is -3.66. The number of nitrogens with zero attached hydrogens (tertiary/aromatic N) is 1. The van der Waals surface area contributed by atoms with Crippen LogP contribution < -0.4 is 0 Å². The summed E-state index contributed by atoms with van der Waals surface area (Å²) in [5, 5.41) is 6.52. The van der Waals surface area contributed by atoms with E-state index >= 15 is 0 Å². The van der Waals surface area contributed by atoms with Gasteiger partial charge in [-0.2, -0.15) is 13.5 Å². The topological polar surface area (TPSA) is 72.1 Å². The molecule has 0 saturated heterocycles. The molecular formula is C12H14N2O3S. The highest BCUT2D eigenvalue weighted by Gasteiger charge is 2.14. The quantitative estimate of drug-likeness (QED) is 0.835. The predicted molar refractivity (Wildman–Crippen MR) is 66.6 cm³/mol. The molecule has 1 aromatic heterocycles. The molecule has 2 rings (SSSR count). The van der Waals surface area contributed by atoms with Crippen molar-refractivity contribution in [1.82, 2.24) is 10.2 Å². The molecule has 0 aliphatic rings. The molecule has 96 valence electrons. The fourth-order valence-electron chi connectivity index (χ4n) is 1.46. The molecule has 0 atom stereocenters. The van der Waals surface area contributed by atoms with Crippen LogP contribution in [0.3, 0.4) is 0 Å². The highest BCUT2D eigenvalue weighted by molar-refractivity contribution is 7.86. The summed E-state index contributed by atoms with van der Waals surface area (Å²) in [7, 11) is -3.66. The normalized spacial score (nSPS) is 11.6. The molecular weight excluding hydrogens is 252 g/mol. The number of hydrogen-bond acceptors (Lipinski definition) is 4. The zero-order valence-electron chi connectivity index (χ0n) is 9.96. The lowest BCUT2D eigenvalue weighted by Crippen LogP contribution is -2.09. The van der Waals surface area contributed by atoms with E-state index in [1.165, 1.54) is 0 Å². The Balaban J connectivity index is 1.97. The van der Waals surface area contributed by atoms with Crippen molar-refractivity contribution in [2.24, 2.45) is 0 Å². The summed E-state index contributed by atoms with van der Waals surface area (Å²) in [6.45, 7) is 1.99. The van der Waals surface area contributed by atoms with Crippen LogP contribution in [0.1, 0.15) is 11.3 Å². The molecule has 0 unspecified atom stereocenters. The molecule has 0 aliphatic carbocycles. The Kier molecular flexibility index (Phi) is 3.78. The minimum Gasteiger partial charge on any atom is -0.282 e. The first-order chi connectivity index (χ1) is 8.58. The van der Waals surface area contributed by atoms with E-state index in [2.05, 4.69) is 10.2 Å². The maximum Gasteiger partial charge on any atom is 0.296 e. The van der Waals surface area contributed by atoms with Crippen molar-refractivity contribution < 1.29 is 12.6 Å². The number of H-pyrrole nitrogens is 1. The van der Waals surface area contributed by atoms with E-state index in [9.17, 15) is 8.42 Å². The van der Waals surface area contributed by atoms with E-state index in [-0.39, 0.29) is 11.5 Å². The summed E-state index contributed by atoms with van der Waals surface area (Å²) in [5.41, 5.74) is 1.85. The monoisotopic (exact) mass is 266 g/mol. The highest BCUT2D eigenvalue weighted by Crippen LogP contribution is 2.13. The second-order valence-corrected chi connectivity index (χ2v) is 5.54. The van der Waals surface area contributed by atoms with Gasteiger partial charge in [-0.15, -0.1) is 0 Å². The summed E-state index contributed by atoms with van der Waals surface area (Å²) in [4.78, 5) is 0.178. The van der Waals surface area contributed by atoms with E-state index in [0.29, 0.717) is 6.42 Å². The van der Waals surface area contributed by atoms with E-state index in [1.807, 2.05) is 6.92 Å². The van der Waals surface area contributed by atoms with Crippen molar-refractivity contribution in [2.75, 3.05) is 6.61 Å². The molecule has 2 aromatic rings. The second-order valence-electron chi connectivity index (χ2n) is 3.92. The largest absolute Gasteiger partial charge is 0.296 e. The van der Waals surface area contributed by atoms with E-state index < -0.39 is 10.1 Å². The standard InChI is InChI=1S/C12H14N2O3S/c1-10-2-4-12(5-3-10)18(15,16)17-9-7-11-6-8-13-14-11/h2-6,8H,7,9H2,1H3,(H,13,14). The summed E-state index contributed by atoms with van der Waals surface area (Å²) in [6, 6.07) is 8.35. The van der Waals surface area contributed by atoms with E-state index in [0.717, 1.165) is 11.3 Å². The van der Waals surface area contributed by atoms with Gasteiger partial charge in [-0.05, 0) is 25.1 Å². The zero-order valence-corrected chi connectivity index (χ0v) is 10.8. The van der Waals surface area contributed by atoms with Gasteiger partial charge in [0.1, 0.15) is 0 Å². The lowest BCUT2D eigenvalue weighted by atomic mass is 10.2. The lowest BCUT2D eigenvalue weighted by molar-refractivity contribution is 0.321. The first-order valence-corrected chi connectivity index (χ1v) is 6.93. The fourth-order valence-corrected chi connectivity index (χ4v) is 2.37. The van der Waals surface area contributed by atoms with Gasteiger partial charge >= 0.3 is 0 Å². The summed E-state index contributed by atoms with van der Waals surface area (Å²) >= 11 is 0. The number of benzene rings is 1. The third-order valence-electron chi connectivity index (χ3n) is 2.48. The van der Waals surface area contributed by atoms with Crippen LogP contribution in [-0.4, -0.2) is 25.2 Å². The van der Waals surface area contributed by atoms with Gasteiger partial charge < -0.3 is 0 Å². The fraction of sp³-hybridized carbons (Fsp3) is 0.250. The Morgan fingerprint density at radius 3 is 2.56 bits per heavy atom. The van der Waals surface area contributed by atoms with E-state index in [1.54, 1.807) is 36.5 Å². The number of aromatic amines is 1. The van der Waals surface area contributed by atoms with Crippen LogP contribution in [0.2, 0.25) is 0 Å². The van der Waals surface area contributed by atoms with Gasteiger partial charge in [0.15, 0.2) is 0 Å². The van der Waals surface area contributed by atoms with Crippen molar-refractivity contribution in [3.63, 3.8) is 0 Å². The number of rotatable bonds is 5. The summed E-state index contributed by atoms with van der Waals surface area (Å²) in [5.74, 6) is 0. The average molecular weight is 266 g/mol. The van der Waals surface area contributed by atoms with Crippen LogP contribution in [0.4, 0.5) is 0 Å². The van der Waals surface area contributed by atoms with Crippen molar-refractivity contribution in [1.29, 1.82) is 0 Å².